The number of methoxy groups -OCH3 is 2. The van der Waals surface area contributed by atoms with Gasteiger partial charge in [0.15, 0.2) is 0 Å². The number of carbonyl (C=O) groups excluding carboxylic acids is 3. The van der Waals surface area contributed by atoms with Crippen LogP contribution in [0, 0.1) is 0 Å². The van der Waals surface area contributed by atoms with Crippen LogP contribution in [0.5, 0.6) is 11.5 Å². The van der Waals surface area contributed by atoms with E-state index in [1.54, 1.807) is 91.9 Å². The Balaban J connectivity index is 1.49. The van der Waals surface area contributed by atoms with Crippen molar-refractivity contribution in [2.45, 2.75) is 17.1 Å². The van der Waals surface area contributed by atoms with E-state index in [9.17, 15) is 14.4 Å². The molecule has 0 radical (unpaired) electrons. The van der Waals surface area contributed by atoms with Crippen LogP contribution in [0.15, 0.2) is 108 Å². The van der Waals surface area contributed by atoms with E-state index in [0.717, 1.165) is 4.90 Å². The summed E-state index contributed by atoms with van der Waals surface area (Å²) in [5.74, 6) is -0.115. The van der Waals surface area contributed by atoms with Crippen LogP contribution in [0.2, 0.25) is 5.02 Å². The maximum Gasteiger partial charge on any atom is 0.272 e. The maximum atomic E-state index is 13.5. The van der Waals surface area contributed by atoms with Crippen LogP contribution in [0.3, 0.4) is 0 Å². The third kappa shape index (κ3) is 8.64. The van der Waals surface area contributed by atoms with Crippen LogP contribution < -0.4 is 25.4 Å². The second-order valence-corrected chi connectivity index (χ2v) is 11.0. The van der Waals surface area contributed by atoms with Crippen molar-refractivity contribution in [3.05, 3.63) is 119 Å². The molecule has 0 saturated carbocycles. The Labute approximate surface area is 259 Å². The minimum absolute atomic E-state index is 0.0299. The molecule has 4 rings (SSSR count). The summed E-state index contributed by atoms with van der Waals surface area (Å²) in [5.41, 5.74) is 2.09. The molecule has 3 amide bonds. The second-order valence-electron chi connectivity index (χ2n) is 9.20. The normalized spacial score (nSPS) is 11.7. The van der Waals surface area contributed by atoms with Gasteiger partial charge in [0.2, 0.25) is 5.91 Å². The lowest BCUT2D eigenvalue weighted by molar-refractivity contribution is -0.115. The van der Waals surface area contributed by atoms with Gasteiger partial charge in [0.05, 0.1) is 24.5 Å². The van der Waals surface area contributed by atoms with E-state index in [4.69, 9.17) is 21.1 Å². The van der Waals surface area contributed by atoms with Gasteiger partial charge in [-0.3, -0.25) is 14.4 Å². The van der Waals surface area contributed by atoms with Gasteiger partial charge in [0.1, 0.15) is 17.2 Å². The number of ether oxygens (including phenoxy) is 2. The van der Waals surface area contributed by atoms with E-state index >= 15 is 0 Å². The molecule has 0 bridgehead atoms. The lowest BCUT2D eigenvalue weighted by Crippen LogP contribution is -2.30. The van der Waals surface area contributed by atoms with Gasteiger partial charge in [0.25, 0.3) is 11.8 Å². The first-order chi connectivity index (χ1) is 20.8. The molecule has 1 unspecified atom stereocenters. The maximum absolute atomic E-state index is 13.5. The van der Waals surface area contributed by atoms with Crippen molar-refractivity contribution in [2.75, 3.05) is 24.9 Å². The van der Waals surface area contributed by atoms with Crippen LogP contribution in [-0.2, 0) is 9.59 Å². The Bertz CT molecular complexity index is 1640. The van der Waals surface area contributed by atoms with E-state index in [1.807, 2.05) is 18.2 Å². The average molecular weight is 616 g/mol. The van der Waals surface area contributed by atoms with Crippen LogP contribution in [0.25, 0.3) is 6.08 Å². The van der Waals surface area contributed by atoms with Crippen LogP contribution in [0.1, 0.15) is 22.8 Å². The zero-order chi connectivity index (χ0) is 30.8. The van der Waals surface area contributed by atoms with E-state index < -0.39 is 17.1 Å². The monoisotopic (exact) mass is 615 g/mol. The molecule has 0 saturated heterocycles. The van der Waals surface area contributed by atoms with Gasteiger partial charge in [-0.15, -0.1) is 11.8 Å². The number of carbonyl (C=O) groups is 3. The number of rotatable bonds is 11. The Morgan fingerprint density at radius 3 is 2.21 bits per heavy atom. The molecule has 0 aliphatic rings. The van der Waals surface area contributed by atoms with Crippen molar-refractivity contribution in [3.63, 3.8) is 0 Å². The Kier molecular flexibility index (Phi) is 10.9. The Morgan fingerprint density at radius 2 is 1.49 bits per heavy atom. The van der Waals surface area contributed by atoms with Gasteiger partial charge in [0, 0.05) is 27.4 Å². The van der Waals surface area contributed by atoms with E-state index in [-0.39, 0.29) is 11.6 Å². The van der Waals surface area contributed by atoms with E-state index in [2.05, 4.69) is 16.0 Å². The van der Waals surface area contributed by atoms with Crippen LogP contribution in [-0.4, -0.2) is 37.2 Å². The number of thioether (sulfide) groups is 1. The number of amides is 3. The summed E-state index contributed by atoms with van der Waals surface area (Å²) in [4.78, 5) is 40.0. The van der Waals surface area contributed by atoms with E-state index in [0.29, 0.717) is 39.0 Å². The SMILES string of the molecule is COc1ccc(NC(=O)C(C)Sc2cccc(NC(=O)/C(=C\c3ccccc3OC)NC(=O)c3ccccc3)c2)cc1Cl. The number of nitrogens with one attached hydrogen (secondary N) is 3. The van der Waals surface area contributed by atoms with Crippen molar-refractivity contribution in [2.24, 2.45) is 0 Å². The summed E-state index contributed by atoms with van der Waals surface area (Å²) in [7, 11) is 3.05. The number of benzene rings is 4. The molecule has 0 aliphatic heterocycles. The fourth-order valence-electron chi connectivity index (χ4n) is 3.97. The molecule has 0 heterocycles. The van der Waals surface area contributed by atoms with Crippen molar-refractivity contribution in [1.82, 2.24) is 5.32 Å². The van der Waals surface area contributed by atoms with Crippen molar-refractivity contribution in [1.29, 1.82) is 0 Å². The highest BCUT2D eigenvalue weighted by atomic mass is 35.5. The summed E-state index contributed by atoms with van der Waals surface area (Å²) in [6.07, 6.45) is 1.56. The van der Waals surface area contributed by atoms with Gasteiger partial charge in [-0.2, -0.15) is 0 Å². The zero-order valence-electron chi connectivity index (χ0n) is 23.7. The summed E-state index contributed by atoms with van der Waals surface area (Å²) in [6, 6.07) is 27.9. The van der Waals surface area contributed by atoms with Crippen molar-refractivity contribution < 1.29 is 23.9 Å². The predicted molar refractivity (Wildman–Crippen MR) is 172 cm³/mol. The molecular weight excluding hydrogens is 586 g/mol. The highest BCUT2D eigenvalue weighted by Gasteiger charge is 2.18. The largest absolute Gasteiger partial charge is 0.496 e. The molecule has 220 valence electrons. The standard InChI is InChI=1S/C33H30ClN3O5S/c1-21(31(38)35-25-16-17-30(42-3)27(34)20-25)43-26-14-9-13-24(19-26)36-33(40)28(18-23-12-7-8-15-29(23)41-2)37-32(39)22-10-5-4-6-11-22/h4-21H,1-3H3,(H,35,38)(H,36,40)(H,37,39)/b28-18+. The lowest BCUT2D eigenvalue weighted by Gasteiger charge is -2.15. The minimum Gasteiger partial charge on any atom is -0.496 e. The number of anilines is 2. The van der Waals surface area contributed by atoms with Crippen LogP contribution in [0.4, 0.5) is 11.4 Å². The van der Waals surface area contributed by atoms with Gasteiger partial charge >= 0.3 is 0 Å². The summed E-state index contributed by atoms with van der Waals surface area (Å²) in [5, 5.41) is 8.37. The fourth-order valence-corrected chi connectivity index (χ4v) is 5.16. The highest BCUT2D eigenvalue weighted by molar-refractivity contribution is 8.00. The van der Waals surface area contributed by atoms with Crippen molar-refractivity contribution >= 4 is 58.5 Å². The van der Waals surface area contributed by atoms with Gasteiger partial charge in [-0.25, -0.2) is 0 Å². The fraction of sp³-hybridized carbons (Fsp3) is 0.121. The molecule has 3 N–H and O–H groups in total. The molecule has 43 heavy (non-hydrogen) atoms. The third-order valence-electron chi connectivity index (χ3n) is 6.16. The topological polar surface area (TPSA) is 106 Å². The summed E-state index contributed by atoms with van der Waals surface area (Å²) in [6.45, 7) is 1.78. The molecule has 10 heteroatoms. The molecule has 4 aromatic carbocycles. The first-order valence-corrected chi connectivity index (χ1v) is 14.5. The van der Waals surface area contributed by atoms with Gasteiger partial charge < -0.3 is 25.4 Å². The van der Waals surface area contributed by atoms with Crippen molar-refractivity contribution in [3.8, 4) is 11.5 Å². The third-order valence-corrected chi connectivity index (χ3v) is 7.55. The Morgan fingerprint density at radius 1 is 0.791 bits per heavy atom. The second kappa shape index (κ2) is 14.9. The number of hydrogen-bond acceptors (Lipinski definition) is 6. The molecule has 0 spiro atoms. The van der Waals surface area contributed by atoms with Gasteiger partial charge in [-0.05, 0) is 67.6 Å². The first kappa shape index (κ1) is 31.2. The Hall–Kier alpha value is -4.73. The zero-order valence-corrected chi connectivity index (χ0v) is 25.3. The molecule has 0 fully saturated rings. The molecular formula is C33H30ClN3O5S. The quantitative estimate of drug-likeness (QED) is 0.125. The van der Waals surface area contributed by atoms with Crippen LogP contribution >= 0.6 is 23.4 Å². The first-order valence-electron chi connectivity index (χ1n) is 13.2. The number of para-hydroxylation sites is 1. The lowest BCUT2D eigenvalue weighted by atomic mass is 10.1. The van der Waals surface area contributed by atoms with E-state index in [1.165, 1.54) is 26.0 Å². The number of hydrogen-bond donors (Lipinski definition) is 3. The number of halogens is 1. The summed E-state index contributed by atoms with van der Waals surface area (Å²) < 4.78 is 10.6. The predicted octanol–water partition coefficient (Wildman–Crippen LogP) is 6.89. The smallest absolute Gasteiger partial charge is 0.272 e. The molecule has 1 atom stereocenters. The highest BCUT2D eigenvalue weighted by Crippen LogP contribution is 2.30. The average Bonchev–Trinajstić information content (AvgIpc) is 3.01. The molecule has 0 aromatic heterocycles. The summed E-state index contributed by atoms with van der Waals surface area (Å²) >= 11 is 7.50. The molecule has 4 aromatic rings. The minimum atomic E-state index is -0.528. The van der Waals surface area contributed by atoms with Gasteiger partial charge in [-0.1, -0.05) is 54.1 Å². The molecule has 0 aliphatic carbocycles. The molecule has 8 nitrogen and oxygen atoms in total.